The van der Waals surface area contributed by atoms with E-state index < -0.39 is 41.1 Å². The summed E-state index contributed by atoms with van der Waals surface area (Å²) in [5.41, 5.74) is -0.902. The van der Waals surface area contributed by atoms with Gasteiger partial charge in [0.2, 0.25) is 0 Å². The van der Waals surface area contributed by atoms with E-state index in [1.165, 1.54) is 14.0 Å². The second kappa shape index (κ2) is 5.37. The summed E-state index contributed by atoms with van der Waals surface area (Å²) in [6, 6.07) is 0. The number of hydrogen-bond donors (Lipinski definition) is 2. The lowest BCUT2D eigenvalue weighted by Gasteiger charge is -2.48. The number of allylic oxidation sites excluding steroid dienone is 1. The Hall–Kier alpha value is -1.28. The highest BCUT2D eigenvalue weighted by atomic mass is 16.7. The van der Waals surface area contributed by atoms with E-state index in [-0.39, 0.29) is 25.6 Å². The second-order valence-corrected chi connectivity index (χ2v) is 6.83. The van der Waals surface area contributed by atoms with Gasteiger partial charge in [-0.2, -0.15) is 0 Å². The maximum atomic E-state index is 12.5. The van der Waals surface area contributed by atoms with Crippen LogP contribution >= 0.6 is 0 Å². The molecular formula is C16H22O7. The molecule has 0 unspecified atom stereocenters. The fourth-order valence-corrected chi connectivity index (χ4v) is 4.37. The number of rotatable bonds is 2. The molecule has 2 fully saturated rings. The third-order valence-corrected chi connectivity index (χ3v) is 5.51. The topological polar surface area (TPSA) is 102 Å². The lowest BCUT2D eigenvalue weighted by Crippen LogP contribution is -2.60. The van der Waals surface area contributed by atoms with Crippen molar-refractivity contribution in [2.45, 2.75) is 38.3 Å². The van der Waals surface area contributed by atoms with Crippen molar-refractivity contribution in [1.29, 1.82) is 0 Å². The quantitative estimate of drug-likeness (QED) is 0.677. The number of fused-ring (bicyclic) bond motifs is 2. The second-order valence-electron chi connectivity index (χ2n) is 6.83. The molecule has 1 spiro atoms. The Labute approximate surface area is 134 Å². The zero-order valence-electron chi connectivity index (χ0n) is 13.4. The fourth-order valence-electron chi connectivity index (χ4n) is 4.37. The van der Waals surface area contributed by atoms with Gasteiger partial charge >= 0.3 is 5.97 Å². The SMILES string of the molecule is COCC1=CC[C@]2([C@H]3[C@H](C)COC(=O)[C@H]3O[C@@]2(C)O)[C@H](O)C1=O. The van der Waals surface area contributed by atoms with Gasteiger partial charge in [0.05, 0.1) is 18.6 Å². The van der Waals surface area contributed by atoms with E-state index in [1.807, 2.05) is 6.92 Å². The minimum Gasteiger partial charge on any atom is -0.463 e. The molecule has 2 saturated heterocycles. The standard InChI is InChI=1S/C16H22O7/c1-8-6-22-14(19)12-10(8)16(15(2,20)23-12)5-4-9(7-21-3)11(17)13(16)18/h4,8,10,12-13,18,20H,5-7H2,1-3H3/t8-,10+,12+,13-,15-,16+/m1/s1. The molecule has 6 atom stereocenters. The molecule has 3 aliphatic rings. The first-order valence-electron chi connectivity index (χ1n) is 7.73. The molecule has 0 aromatic rings. The number of hydrogen-bond acceptors (Lipinski definition) is 7. The summed E-state index contributed by atoms with van der Waals surface area (Å²) in [5, 5.41) is 21.6. The maximum Gasteiger partial charge on any atom is 0.335 e. The van der Waals surface area contributed by atoms with Gasteiger partial charge < -0.3 is 24.4 Å². The first-order chi connectivity index (χ1) is 10.8. The summed E-state index contributed by atoms with van der Waals surface area (Å²) in [4.78, 5) is 24.6. The maximum absolute atomic E-state index is 12.5. The van der Waals surface area contributed by atoms with Gasteiger partial charge in [-0.3, -0.25) is 4.79 Å². The van der Waals surface area contributed by atoms with Crippen LogP contribution in [0.15, 0.2) is 11.6 Å². The van der Waals surface area contributed by atoms with E-state index in [4.69, 9.17) is 14.2 Å². The lowest BCUT2D eigenvalue weighted by atomic mass is 9.57. The van der Waals surface area contributed by atoms with Crippen LogP contribution in [-0.4, -0.2) is 60.3 Å². The number of ether oxygens (including phenoxy) is 3. The molecule has 0 amide bonds. The average Bonchev–Trinajstić information content (AvgIpc) is 2.73. The molecule has 2 aliphatic heterocycles. The Balaban J connectivity index is 2.08. The molecule has 0 saturated carbocycles. The largest absolute Gasteiger partial charge is 0.463 e. The molecule has 0 radical (unpaired) electrons. The van der Waals surface area contributed by atoms with Crippen molar-refractivity contribution in [2.24, 2.45) is 17.3 Å². The highest BCUT2D eigenvalue weighted by Gasteiger charge is 2.71. The van der Waals surface area contributed by atoms with Gasteiger partial charge in [0.15, 0.2) is 17.7 Å². The number of ketones is 1. The molecule has 2 N–H and O–H groups in total. The number of carbonyl (C=O) groups excluding carboxylic acids is 2. The van der Waals surface area contributed by atoms with Crippen LogP contribution in [0.4, 0.5) is 0 Å². The van der Waals surface area contributed by atoms with E-state index in [0.29, 0.717) is 5.57 Å². The third-order valence-electron chi connectivity index (χ3n) is 5.51. The van der Waals surface area contributed by atoms with Crippen molar-refractivity contribution in [3.05, 3.63) is 11.6 Å². The smallest absolute Gasteiger partial charge is 0.335 e. The van der Waals surface area contributed by atoms with Gasteiger partial charge in [-0.25, -0.2) is 4.79 Å². The Kier molecular flexibility index (Phi) is 3.87. The molecular weight excluding hydrogens is 304 g/mol. The Morgan fingerprint density at radius 1 is 1.43 bits per heavy atom. The van der Waals surface area contributed by atoms with Gasteiger partial charge in [0.25, 0.3) is 0 Å². The van der Waals surface area contributed by atoms with E-state index in [0.717, 1.165) is 0 Å². The summed E-state index contributed by atoms with van der Waals surface area (Å²) < 4.78 is 15.6. The minimum atomic E-state index is -1.82. The fraction of sp³-hybridized carbons (Fsp3) is 0.750. The van der Waals surface area contributed by atoms with Crippen LogP contribution in [0.25, 0.3) is 0 Å². The van der Waals surface area contributed by atoms with Crippen LogP contribution < -0.4 is 0 Å². The van der Waals surface area contributed by atoms with Gasteiger partial charge in [-0.05, 0) is 19.3 Å². The average molecular weight is 326 g/mol. The number of carbonyl (C=O) groups is 2. The summed E-state index contributed by atoms with van der Waals surface area (Å²) in [6.45, 7) is 3.54. The Bertz CT molecular complexity index is 567. The molecule has 0 bridgehead atoms. The number of methoxy groups -OCH3 is 1. The summed E-state index contributed by atoms with van der Waals surface area (Å²) in [5.74, 6) is -3.51. The van der Waals surface area contributed by atoms with Crippen molar-refractivity contribution in [1.82, 2.24) is 0 Å². The number of esters is 1. The number of aliphatic hydroxyl groups excluding tert-OH is 1. The summed E-state index contributed by atoms with van der Waals surface area (Å²) >= 11 is 0. The van der Waals surface area contributed by atoms with Crippen LogP contribution in [0.3, 0.4) is 0 Å². The van der Waals surface area contributed by atoms with Crippen LogP contribution in [0, 0.1) is 17.3 Å². The number of aliphatic hydroxyl groups is 2. The predicted octanol–water partition coefficient (Wildman–Crippen LogP) is -0.204. The van der Waals surface area contributed by atoms with Crippen LogP contribution in [0.2, 0.25) is 0 Å². The van der Waals surface area contributed by atoms with E-state index >= 15 is 0 Å². The third kappa shape index (κ3) is 2.11. The van der Waals surface area contributed by atoms with E-state index in [1.54, 1.807) is 6.08 Å². The molecule has 2 heterocycles. The van der Waals surface area contributed by atoms with Crippen molar-refractivity contribution in [3.63, 3.8) is 0 Å². The Morgan fingerprint density at radius 3 is 2.78 bits per heavy atom. The zero-order valence-corrected chi connectivity index (χ0v) is 13.4. The molecule has 3 rings (SSSR count). The van der Waals surface area contributed by atoms with Crippen molar-refractivity contribution < 1.29 is 34.0 Å². The van der Waals surface area contributed by atoms with Crippen LogP contribution in [-0.2, 0) is 23.8 Å². The van der Waals surface area contributed by atoms with Crippen molar-refractivity contribution >= 4 is 11.8 Å². The van der Waals surface area contributed by atoms with Gasteiger partial charge in [0.1, 0.15) is 6.10 Å². The van der Waals surface area contributed by atoms with Crippen molar-refractivity contribution in [2.75, 3.05) is 20.3 Å². The Morgan fingerprint density at radius 2 is 2.13 bits per heavy atom. The predicted molar refractivity (Wildman–Crippen MR) is 77.1 cm³/mol. The molecule has 23 heavy (non-hydrogen) atoms. The molecule has 0 aromatic heterocycles. The van der Waals surface area contributed by atoms with Crippen LogP contribution in [0.1, 0.15) is 20.3 Å². The first kappa shape index (κ1) is 16.6. The zero-order chi connectivity index (χ0) is 17.0. The molecule has 128 valence electrons. The normalized spacial score (nSPS) is 46.6. The summed E-state index contributed by atoms with van der Waals surface area (Å²) in [6.07, 6.45) is -0.542. The lowest BCUT2D eigenvalue weighted by molar-refractivity contribution is -0.248. The van der Waals surface area contributed by atoms with Gasteiger partial charge in [-0.15, -0.1) is 0 Å². The molecule has 1 aliphatic carbocycles. The van der Waals surface area contributed by atoms with Crippen LogP contribution in [0.5, 0.6) is 0 Å². The highest BCUT2D eigenvalue weighted by Crippen LogP contribution is 2.59. The van der Waals surface area contributed by atoms with Gasteiger partial charge in [0, 0.05) is 18.6 Å². The number of Topliss-reactive ketones (excluding diaryl/α,β-unsaturated/α-hetero) is 1. The molecule has 0 aromatic carbocycles. The minimum absolute atomic E-state index is 0.0979. The van der Waals surface area contributed by atoms with E-state index in [2.05, 4.69) is 0 Å². The van der Waals surface area contributed by atoms with E-state index in [9.17, 15) is 19.8 Å². The molecule has 7 heteroatoms. The summed E-state index contributed by atoms with van der Waals surface area (Å²) in [7, 11) is 1.47. The monoisotopic (exact) mass is 326 g/mol. The van der Waals surface area contributed by atoms with Gasteiger partial charge in [-0.1, -0.05) is 13.0 Å². The van der Waals surface area contributed by atoms with Crippen molar-refractivity contribution in [3.8, 4) is 0 Å². The molecule has 7 nitrogen and oxygen atoms in total. The number of cyclic esters (lactones) is 1. The highest BCUT2D eigenvalue weighted by molar-refractivity contribution is 6.00. The first-order valence-corrected chi connectivity index (χ1v) is 7.73.